The van der Waals surface area contributed by atoms with Crippen LogP contribution in [-0.4, -0.2) is 96.2 Å². The smallest absolute Gasteiger partial charge is 0.322 e. The highest BCUT2D eigenvalue weighted by molar-refractivity contribution is 8.01. The summed E-state index contributed by atoms with van der Waals surface area (Å²) in [5, 5.41) is 5.51. The van der Waals surface area contributed by atoms with E-state index in [0.29, 0.717) is 57.8 Å². The molecule has 2 aromatic rings. The highest BCUT2D eigenvalue weighted by atomic mass is 32.2. The number of piperazine rings is 1. The summed E-state index contributed by atoms with van der Waals surface area (Å²) >= 11 is 1.49. The Balaban J connectivity index is 1.13. The molecule has 46 heavy (non-hydrogen) atoms. The number of halogens is 1. The van der Waals surface area contributed by atoms with E-state index in [1.807, 2.05) is 39.0 Å². The van der Waals surface area contributed by atoms with Gasteiger partial charge in [-0.2, -0.15) is 0 Å². The molecule has 3 saturated heterocycles. The van der Waals surface area contributed by atoms with Crippen molar-refractivity contribution in [2.45, 2.75) is 69.5 Å². The normalized spacial score (nSPS) is 23.0. The number of para-hydroxylation sites is 2. The monoisotopic (exact) mass is 650 g/mol. The van der Waals surface area contributed by atoms with E-state index >= 15 is 4.39 Å². The van der Waals surface area contributed by atoms with Gasteiger partial charge in [0.2, 0.25) is 11.8 Å². The summed E-state index contributed by atoms with van der Waals surface area (Å²) in [6.45, 7) is 11.7. The first kappa shape index (κ1) is 32.6. The van der Waals surface area contributed by atoms with Gasteiger partial charge in [-0.3, -0.25) is 9.59 Å². The molecule has 1 unspecified atom stereocenters. The van der Waals surface area contributed by atoms with Crippen LogP contribution in [0.1, 0.15) is 63.0 Å². The number of benzene rings is 2. The average molecular weight is 651 g/mol. The van der Waals surface area contributed by atoms with Crippen molar-refractivity contribution in [2.75, 3.05) is 62.6 Å². The van der Waals surface area contributed by atoms with Crippen molar-refractivity contribution in [2.24, 2.45) is 5.41 Å². The van der Waals surface area contributed by atoms with Gasteiger partial charge >= 0.3 is 6.03 Å². The van der Waals surface area contributed by atoms with E-state index < -0.39 is 5.25 Å². The van der Waals surface area contributed by atoms with Gasteiger partial charge in [0.15, 0.2) is 0 Å². The molecule has 2 aromatic carbocycles. The summed E-state index contributed by atoms with van der Waals surface area (Å²) in [5.74, 6) is -0.346. The van der Waals surface area contributed by atoms with Crippen LogP contribution < -0.4 is 15.5 Å². The lowest BCUT2D eigenvalue weighted by atomic mass is 9.92. The number of rotatable bonds is 7. The molecule has 0 bridgehead atoms. The van der Waals surface area contributed by atoms with E-state index in [9.17, 15) is 14.4 Å². The molecule has 4 amide bonds. The highest BCUT2D eigenvalue weighted by Gasteiger charge is 2.44. The molecule has 248 valence electrons. The fraction of sp³-hybridized carbons (Fsp3) is 0.571. The average Bonchev–Trinajstić information content (AvgIpc) is 3.23. The Hall–Kier alpha value is -3.31. The first-order valence-corrected chi connectivity index (χ1v) is 17.7. The molecule has 2 atom stereocenters. The second kappa shape index (κ2) is 13.8. The van der Waals surface area contributed by atoms with Crippen molar-refractivity contribution in [3.05, 3.63) is 59.4 Å². The highest BCUT2D eigenvalue weighted by Crippen LogP contribution is 2.48. The van der Waals surface area contributed by atoms with Gasteiger partial charge in [-0.15, -0.1) is 11.8 Å². The lowest BCUT2D eigenvalue weighted by molar-refractivity contribution is -0.137. The molecule has 2 N–H and O–H groups in total. The summed E-state index contributed by atoms with van der Waals surface area (Å²) in [7, 11) is 0. The van der Waals surface area contributed by atoms with Crippen LogP contribution in [0.15, 0.2) is 42.5 Å². The van der Waals surface area contributed by atoms with Crippen LogP contribution in [0.4, 0.5) is 20.6 Å². The van der Waals surface area contributed by atoms with Gasteiger partial charge in [-0.05, 0) is 48.8 Å². The molecular formula is C35H47FN6O3S. The minimum Gasteiger partial charge on any atom is -0.366 e. The third-order valence-corrected chi connectivity index (χ3v) is 11.2. The quantitative estimate of drug-likeness (QED) is 0.435. The Labute approximate surface area is 276 Å². The van der Waals surface area contributed by atoms with Crippen molar-refractivity contribution in [3.63, 3.8) is 0 Å². The van der Waals surface area contributed by atoms with Crippen LogP contribution in [0.3, 0.4) is 0 Å². The molecule has 4 aliphatic rings. The number of hydrogen-bond acceptors (Lipinski definition) is 6. The zero-order valence-electron chi connectivity index (χ0n) is 27.3. The van der Waals surface area contributed by atoms with Crippen LogP contribution >= 0.6 is 11.8 Å². The van der Waals surface area contributed by atoms with Crippen LogP contribution in [0, 0.1) is 11.2 Å². The van der Waals surface area contributed by atoms with Crippen molar-refractivity contribution < 1.29 is 18.8 Å². The Kier molecular flexibility index (Phi) is 9.80. The fourth-order valence-electron chi connectivity index (χ4n) is 7.05. The summed E-state index contributed by atoms with van der Waals surface area (Å²) in [4.78, 5) is 48.4. The molecule has 0 aromatic heterocycles. The number of thioether (sulfide) groups is 1. The number of anilines is 2. The number of nitrogens with one attached hydrogen (secondary N) is 2. The van der Waals surface area contributed by atoms with Crippen molar-refractivity contribution in [3.8, 4) is 0 Å². The molecule has 4 heterocycles. The number of likely N-dealkylation sites (tertiary alicyclic amines) is 1. The second-order valence-corrected chi connectivity index (χ2v) is 15.4. The van der Waals surface area contributed by atoms with E-state index in [1.165, 1.54) is 17.8 Å². The molecule has 0 saturated carbocycles. The molecule has 11 heteroatoms. The number of urea groups is 1. The largest absolute Gasteiger partial charge is 0.366 e. The number of carbonyl (C=O) groups is 3. The van der Waals surface area contributed by atoms with Crippen LogP contribution in [-0.2, 0) is 16.0 Å². The Morgan fingerprint density at radius 2 is 1.72 bits per heavy atom. The molecule has 3 fully saturated rings. The first-order valence-electron chi connectivity index (χ1n) is 16.7. The topological polar surface area (TPSA) is 88.2 Å². The molecule has 6 rings (SSSR count). The van der Waals surface area contributed by atoms with Crippen molar-refractivity contribution >= 4 is 41.0 Å². The van der Waals surface area contributed by atoms with E-state index in [2.05, 4.69) is 42.4 Å². The van der Waals surface area contributed by atoms with Gasteiger partial charge in [0.1, 0.15) is 11.2 Å². The summed E-state index contributed by atoms with van der Waals surface area (Å²) in [6.07, 6.45) is 3.13. The third-order valence-electron chi connectivity index (χ3n) is 9.71. The molecule has 9 nitrogen and oxygen atoms in total. The Bertz CT molecular complexity index is 1440. The lowest BCUT2D eigenvalue weighted by Crippen LogP contribution is -2.50. The molecular weight excluding hydrogens is 603 g/mol. The maximum Gasteiger partial charge on any atom is 0.322 e. The minimum atomic E-state index is -0.524. The molecule has 0 aliphatic carbocycles. The van der Waals surface area contributed by atoms with Crippen LogP contribution in [0.25, 0.3) is 0 Å². The lowest BCUT2D eigenvalue weighted by Gasteiger charge is -2.38. The number of hydrogen-bond donors (Lipinski definition) is 2. The zero-order valence-corrected chi connectivity index (χ0v) is 28.1. The predicted octanol–water partition coefficient (Wildman–Crippen LogP) is 5.09. The number of fused-ring (bicyclic) bond motifs is 1. The fourth-order valence-corrected chi connectivity index (χ4v) is 8.55. The van der Waals surface area contributed by atoms with E-state index in [1.54, 1.807) is 6.07 Å². The number of carbonyl (C=O) groups excluding carboxylic acids is 3. The van der Waals surface area contributed by atoms with Gasteiger partial charge in [-0.1, -0.05) is 51.1 Å². The SMILES string of the molecule is CC(C)(C)CCN1C(=O)[C@H](CC(=O)N2CCC(N3CCc4ccccc4NC3=O)CC2)SC1c1cccc(F)c1N1CCNCC1. The maximum atomic E-state index is 15.5. The Morgan fingerprint density at radius 3 is 2.46 bits per heavy atom. The van der Waals surface area contributed by atoms with E-state index in [4.69, 9.17) is 0 Å². The number of nitrogens with zero attached hydrogens (tertiary/aromatic N) is 4. The summed E-state index contributed by atoms with van der Waals surface area (Å²) < 4.78 is 15.5. The predicted molar refractivity (Wildman–Crippen MR) is 181 cm³/mol. The van der Waals surface area contributed by atoms with E-state index in [-0.39, 0.29) is 46.9 Å². The van der Waals surface area contributed by atoms with Gasteiger partial charge in [0.05, 0.1) is 10.9 Å². The number of amides is 4. The van der Waals surface area contributed by atoms with Gasteiger partial charge in [-0.25, -0.2) is 9.18 Å². The molecule has 0 spiro atoms. The Morgan fingerprint density at radius 1 is 0.978 bits per heavy atom. The van der Waals surface area contributed by atoms with E-state index in [0.717, 1.165) is 42.7 Å². The zero-order chi connectivity index (χ0) is 32.4. The number of piperidine rings is 1. The molecule has 0 radical (unpaired) electrons. The van der Waals surface area contributed by atoms with Gasteiger partial charge in [0, 0.05) is 76.1 Å². The first-order chi connectivity index (χ1) is 22.1. The standard InChI is InChI=1S/C35H47FN6O3S/c1-35(2,3)14-20-42-32(44)29(46-33(42)26-8-6-9-27(36)31(26)40-21-15-37-16-22-40)23-30(43)39-17-12-25(13-18-39)41-19-11-24-7-4-5-10-28(24)38-34(41)45/h4-10,25,29,33,37H,11-23H2,1-3H3,(H,38,45)/t29-,33?/m0/s1. The van der Waals surface area contributed by atoms with Gasteiger partial charge < -0.3 is 30.2 Å². The summed E-state index contributed by atoms with van der Waals surface area (Å²) in [5.41, 5.74) is 3.41. The van der Waals surface area contributed by atoms with Crippen LogP contribution in [0.5, 0.6) is 0 Å². The van der Waals surface area contributed by atoms with Crippen LogP contribution in [0.2, 0.25) is 0 Å². The van der Waals surface area contributed by atoms with Crippen molar-refractivity contribution in [1.29, 1.82) is 0 Å². The van der Waals surface area contributed by atoms with Gasteiger partial charge in [0.25, 0.3) is 0 Å². The minimum absolute atomic E-state index is 0.0180. The molecule has 4 aliphatic heterocycles. The third kappa shape index (κ3) is 7.15. The second-order valence-electron chi connectivity index (χ2n) is 14.1. The van der Waals surface area contributed by atoms with Crippen molar-refractivity contribution in [1.82, 2.24) is 20.0 Å². The summed E-state index contributed by atoms with van der Waals surface area (Å²) in [6, 6.07) is 13.1. The maximum absolute atomic E-state index is 15.5.